The molecule has 0 unspecified atom stereocenters. The van der Waals surface area contributed by atoms with E-state index in [1.54, 1.807) is 12.1 Å². The summed E-state index contributed by atoms with van der Waals surface area (Å²) in [6.07, 6.45) is 1.91. The summed E-state index contributed by atoms with van der Waals surface area (Å²) in [5.74, 6) is 0.395. The molecule has 3 aromatic carbocycles. The third kappa shape index (κ3) is 6.52. The molecule has 0 fully saturated rings. The van der Waals surface area contributed by atoms with Gasteiger partial charge in [-0.25, -0.2) is 0 Å². The number of carbonyl (C=O) groups excluding carboxylic acids is 1. The number of aliphatic hydroxyl groups is 2. The van der Waals surface area contributed by atoms with Crippen LogP contribution in [0.5, 0.6) is 5.75 Å². The van der Waals surface area contributed by atoms with Gasteiger partial charge in [0.15, 0.2) is 0 Å². The van der Waals surface area contributed by atoms with Crippen LogP contribution < -0.4 is 10.6 Å². The van der Waals surface area contributed by atoms with Crippen molar-refractivity contribution in [2.75, 3.05) is 13.1 Å². The zero-order valence-electron chi connectivity index (χ0n) is 21.0. The molecule has 4 rings (SSSR count). The van der Waals surface area contributed by atoms with Crippen LogP contribution in [0, 0.1) is 5.92 Å². The number of hydrogen-bond acceptors (Lipinski definition) is 5. The van der Waals surface area contributed by atoms with Crippen LogP contribution in [0.4, 0.5) is 0 Å². The molecule has 1 aliphatic rings. The Kier molecular flexibility index (Phi) is 8.09. The minimum atomic E-state index is -0.783. The molecule has 0 aliphatic heterocycles. The number of phenols is 1. The molecule has 0 bridgehead atoms. The lowest BCUT2D eigenvalue weighted by molar-refractivity contribution is 0.0947. The fraction of sp³-hybridized carbons (Fsp3) is 0.367. The molecule has 6 heteroatoms. The van der Waals surface area contributed by atoms with Gasteiger partial charge in [0, 0.05) is 29.8 Å². The number of carbonyl (C=O) groups is 1. The van der Waals surface area contributed by atoms with E-state index in [9.17, 15) is 20.1 Å². The average molecular weight is 489 g/mol. The van der Waals surface area contributed by atoms with E-state index in [-0.39, 0.29) is 23.8 Å². The van der Waals surface area contributed by atoms with E-state index in [4.69, 9.17) is 0 Å². The molecule has 3 aromatic rings. The Hall–Kier alpha value is -3.19. The fourth-order valence-corrected chi connectivity index (χ4v) is 4.96. The second-order valence-corrected chi connectivity index (χ2v) is 10.5. The number of hydrogen-bond donors (Lipinski definition) is 5. The number of rotatable bonds is 10. The lowest BCUT2D eigenvalue weighted by atomic mass is 9.93. The summed E-state index contributed by atoms with van der Waals surface area (Å²) in [5, 5.41) is 36.2. The summed E-state index contributed by atoms with van der Waals surface area (Å²) in [6, 6.07) is 20.9. The number of β-amino-alcohol motifs (C(OH)–C–C–N with tert-alkyl or cyclic N) is 1. The molecule has 0 saturated heterocycles. The van der Waals surface area contributed by atoms with E-state index < -0.39 is 6.10 Å². The summed E-state index contributed by atoms with van der Waals surface area (Å²) in [6.45, 7) is 4.80. The van der Waals surface area contributed by atoms with E-state index >= 15 is 0 Å². The van der Waals surface area contributed by atoms with Crippen LogP contribution in [-0.4, -0.2) is 39.9 Å². The van der Waals surface area contributed by atoms with Crippen molar-refractivity contribution in [1.29, 1.82) is 0 Å². The van der Waals surface area contributed by atoms with Gasteiger partial charge in [0.05, 0.1) is 12.7 Å². The van der Waals surface area contributed by atoms with Gasteiger partial charge in [0.25, 0.3) is 5.91 Å². The van der Waals surface area contributed by atoms with Crippen LogP contribution in [0.15, 0.2) is 66.7 Å². The summed E-state index contributed by atoms with van der Waals surface area (Å²) in [4.78, 5) is 12.8. The Labute approximate surface area is 213 Å². The highest BCUT2D eigenvalue weighted by molar-refractivity contribution is 5.94. The lowest BCUT2D eigenvalue weighted by Gasteiger charge is -2.28. The quantitative estimate of drug-likeness (QED) is 0.300. The third-order valence-electron chi connectivity index (χ3n) is 6.95. The highest BCUT2D eigenvalue weighted by atomic mass is 16.3. The number of fused-ring (bicyclic) bond motifs is 1. The third-order valence-corrected chi connectivity index (χ3v) is 6.95. The lowest BCUT2D eigenvalue weighted by Crippen LogP contribution is -2.43. The van der Waals surface area contributed by atoms with Crippen molar-refractivity contribution in [1.82, 2.24) is 10.6 Å². The summed E-state index contributed by atoms with van der Waals surface area (Å²) in [5.41, 5.74) is 5.15. The number of benzene rings is 3. The molecule has 0 saturated carbocycles. The Morgan fingerprint density at radius 2 is 1.75 bits per heavy atom. The van der Waals surface area contributed by atoms with Crippen LogP contribution in [0.1, 0.15) is 58.1 Å². The van der Waals surface area contributed by atoms with Crippen molar-refractivity contribution in [3.8, 4) is 5.75 Å². The predicted octanol–water partition coefficient (Wildman–Crippen LogP) is 3.67. The van der Waals surface area contributed by atoms with E-state index in [2.05, 4.69) is 48.7 Å². The fourth-order valence-electron chi connectivity index (χ4n) is 4.96. The zero-order valence-corrected chi connectivity index (χ0v) is 21.0. The molecule has 0 aromatic heterocycles. The van der Waals surface area contributed by atoms with Crippen molar-refractivity contribution in [3.05, 3.63) is 100 Å². The minimum Gasteiger partial charge on any atom is -0.508 e. The van der Waals surface area contributed by atoms with Crippen LogP contribution in [-0.2, 0) is 25.9 Å². The van der Waals surface area contributed by atoms with Crippen LogP contribution in [0.2, 0.25) is 0 Å². The average Bonchev–Trinajstić information content (AvgIpc) is 3.29. The molecule has 0 heterocycles. The van der Waals surface area contributed by atoms with E-state index in [1.165, 1.54) is 17.2 Å². The standard InChI is InChI=1S/C30H36N2O4/c1-30(2,32-18-28(35)24-10-11-27(34)26(15-24)19-33)16-20-6-5-9-25(12-20)29(36)31-17-21-13-22-7-3-4-8-23(22)14-21/h3-12,15,21,28,32-35H,13-14,16-19H2,1-2H3,(H,31,36)/t28-/m0/s1. The summed E-state index contributed by atoms with van der Waals surface area (Å²) >= 11 is 0. The Balaban J connectivity index is 1.29. The highest BCUT2D eigenvalue weighted by Gasteiger charge is 2.23. The molecule has 0 spiro atoms. The Morgan fingerprint density at radius 3 is 2.44 bits per heavy atom. The van der Waals surface area contributed by atoms with Gasteiger partial charge in [0.1, 0.15) is 5.75 Å². The maximum atomic E-state index is 12.8. The monoisotopic (exact) mass is 488 g/mol. The van der Waals surface area contributed by atoms with E-state index in [1.807, 2.05) is 24.3 Å². The van der Waals surface area contributed by atoms with Crippen LogP contribution in [0.25, 0.3) is 0 Å². The first-order valence-corrected chi connectivity index (χ1v) is 12.5. The minimum absolute atomic E-state index is 0.0130. The van der Waals surface area contributed by atoms with Gasteiger partial charge in [-0.15, -0.1) is 0 Å². The van der Waals surface area contributed by atoms with Crippen molar-refractivity contribution in [2.24, 2.45) is 5.92 Å². The molecule has 1 aliphatic carbocycles. The van der Waals surface area contributed by atoms with E-state index in [0.29, 0.717) is 42.1 Å². The first-order chi connectivity index (χ1) is 17.2. The summed E-state index contributed by atoms with van der Waals surface area (Å²) in [7, 11) is 0. The molecule has 1 atom stereocenters. The van der Waals surface area contributed by atoms with Gasteiger partial charge < -0.3 is 26.0 Å². The molecule has 6 nitrogen and oxygen atoms in total. The van der Waals surface area contributed by atoms with Crippen LogP contribution >= 0.6 is 0 Å². The molecule has 0 radical (unpaired) electrons. The number of nitrogens with one attached hydrogen (secondary N) is 2. The van der Waals surface area contributed by atoms with Crippen molar-refractivity contribution in [2.45, 2.75) is 51.4 Å². The molecule has 1 amide bonds. The SMILES string of the molecule is CC(C)(Cc1cccc(C(=O)NCC2Cc3ccccc3C2)c1)NC[C@H](O)c1ccc(O)c(CO)c1. The highest BCUT2D eigenvalue weighted by Crippen LogP contribution is 2.26. The van der Waals surface area contributed by atoms with Crippen molar-refractivity contribution < 1.29 is 20.1 Å². The Bertz CT molecular complexity index is 1180. The zero-order chi connectivity index (χ0) is 25.7. The predicted molar refractivity (Wildman–Crippen MR) is 141 cm³/mol. The first kappa shape index (κ1) is 25.9. The van der Waals surface area contributed by atoms with Gasteiger partial charge in [-0.1, -0.05) is 42.5 Å². The first-order valence-electron chi connectivity index (χ1n) is 12.5. The number of aromatic hydroxyl groups is 1. The number of aliphatic hydroxyl groups excluding tert-OH is 2. The summed E-state index contributed by atoms with van der Waals surface area (Å²) < 4.78 is 0. The molecule has 190 valence electrons. The normalized spacial score (nSPS) is 14.4. The van der Waals surface area contributed by atoms with Gasteiger partial charge in [-0.05, 0) is 85.5 Å². The molecular formula is C30H36N2O4. The molecule has 36 heavy (non-hydrogen) atoms. The van der Waals surface area contributed by atoms with Gasteiger partial charge in [-0.3, -0.25) is 4.79 Å². The second-order valence-electron chi connectivity index (χ2n) is 10.5. The molecule has 5 N–H and O–H groups in total. The van der Waals surface area contributed by atoms with Gasteiger partial charge in [0.2, 0.25) is 0 Å². The van der Waals surface area contributed by atoms with Gasteiger partial charge in [-0.2, -0.15) is 0 Å². The Morgan fingerprint density at radius 1 is 1.03 bits per heavy atom. The van der Waals surface area contributed by atoms with Crippen LogP contribution in [0.3, 0.4) is 0 Å². The maximum Gasteiger partial charge on any atom is 0.251 e. The van der Waals surface area contributed by atoms with Crippen molar-refractivity contribution >= 4 is 5.91 Å². The topological polar surface area (TPSA) is 102 Å². The number of amides is 1. The van der Waals surface area contributed by atoms with E-state index in [0.717, 1.165) is 18.4 Å². The van der Waals surface area contributed by atoms with Crippen molar-refractivity contribution in [3.63, 3.8) is 0 Å². The smallest absolute Gasteiger partial charge is 0.251 e. The largest absolute Gasteiger partial charge is 0.508 e. The second kappa shape index (κ2) is 11.2. The molecular weight excluding hydrogens is 452 g/mol. The van der Waals surface area contributed by atoms with Gasteiger partial charge >= 0.3 is 0 Å². The maximum absolute atomic E-state index is 12.8.